The zero-order chi connectivity index (χ0) is 21.1. The lowest BCUT2D eigenvalue weighted by Gasteiger charge is -2.18. The van der Waals surface area contributed by atoms with Crippen LogP contribution in [0.5, 0.6) is 0 Å². The van der Waals surface area contributed by atoms with E-state index in [4.69, 9.17) is 16.1 Å². The molecule has 0 aliphatic heterocycles. The van der Waals surface area contributed by atoms with E-state index < -0.39 is 0 Å². The summed E-state index contributed by atoms with van der Waals surface area (Å²) in [5.74, 6) is 0.247. The first kappa shape index (κ1) is 20.6. The molecule has 0 saturated heterocycles. The van der Waals surface area contributed by atoms with Crippen molar-refractivity contribution in [3.05, 3.63) is 58.6 Å². The Morgan fingerprint density at radius 1 is 1.31 bits per heavy atom. The Labute approximate surface area is 173 Å². The quantitative estimate of drug-likeness (QED) is 0.663. The highest BCUT2D eigenvalue weighted by atomic mass is 35.5. The molecule has 3 rings (SSSR count). The maximum atomic E-state index is 13.0. The molecule has 2 aromatic heterocycles. The molecule has 0 spiro atoms. The van der Waals surface area contributed by atoms with Crippen LogP contribution in [0.4, 0.5) is 5.82 Å². The van der Waals surface area contributed by atoms with Crippen molar-refractivity contribution in [3.63, 3.8) is 0 Å². The third kappa shape index (κ3) is 4.65. The molecule has 1 aromatic carbocycles. The topological polar surface area (TPSA) is 93.3 Å². The normalized spacial score (nSPS) is 11.0. The summed E-state index contributed by atoms with van der Waals surface area (Å²) in [5.41, 5.74) is 1.95. The number of rotatable bonds is 6. The molecule has 0 aliphatic rings. The molecular formula is C20H22ClN5O3. The number of nitrogens with zero attached hydrogens (tertiary/aromatic N) is 4. The van der Waals surface area contributed by atoms with E-state index in [1.54, 1.807) is 36.9 Å². The number of carbonyl (C=O) groups is 2. The molecule has 0 bridgehead atoms. The first-order chi connectivity index (χ1) is 13.8. The van der Waals surface area contributed by atoms with Gasteiger partial charge in [0, 0.05) is 18.1 Å². The number of amides is 2. The second kappa shape index (κ2) is 8.48. The van der Waals surface area contributed by atoms with Gasteiger partial charge in [-0.25, -0.2) is 4.68 Å². The summed E-state index contributed by atoms with van der Waals surface area (Å²) >= 11 is 6.10. The number of benzene rings is 1. The molecule has 0 radical (unpaired) electrons. The molecule has 0 saturated carbocycles. The first-order valence-corrected chi connectivity index (χ1v) is 9.46. The Morgan fingerprint density at radius 2 is 2.07 bits per heavy atom. The first-order valence-electron chi connectivity index (χ1n) is 9.08. The van der Waals surface area contributed by atoms with Crippen molar-refractivity contribution in [2.75, 3.05) is 18.9 Å². The lowest BCUT2D eigenvalue weighted by molar-refractivity contribution is -0.116. The molecule has 3 aromatic rings. The fraction of sp³-hybridized carbons (Fsp3) is 0.300. The molecule has 152 valence electrons. The van der Waals surface area contributed by atoms with Crippen molar-refractivity contribution in [1.82, 2.24) is 19.8 Å². The average molecular weight is 416 g/mol. The van der Waals surface area contributed by atoms with Crippen molar-refractivity contribution in [1.29, 1.82) is 0 Å². The number of anilines is 1. The molecule has 2 amide bonds. The predicted molar refractivity (Wildman–Crippen MR) is 109 cm³/mol. The fourth-order valence-corrected chi connectivity index (χ4v) is 3.18. The lowest BCUT2D eigenvalue weighted by Crippen LogP contribution is -2.35. The summed E-state index contributed by atoms with van der Waals surface area (Å²) < 4.78 is 6.62. The number of aryl methyl sites for hydroxylation is 1. The number of hydrogen-bond acceptors (Lipinski definition) is 5. The summed E-state index contributed by atoms with van der Waals surface area (Å²) in [6, 6.07) is 8.86. The Morgan fingerprint density at radius 3 is 2.69 bits per heavy atom. The molecule has 1 N–H and O–H groups in total. The highest BCUT2D eigenvalue weighted by molar-refractivity contribution is 6.30. The largest absolute Gasteiger partial charge is 0.360 e. The van der Waals surface area contributed by atoms with Crippen molar-refractivity contribution >= 4 is 29.2 Å². The van der Waals surface area contributed by atoms with Gasteiger partial charge in [0.15, 0.2) is 5.82 Å². The summed E-state index contributed by atoms with van der Waals surface area (Å²) in [5, 5.41) is 11.3. The van der Waals surface area contributed by atoms with Crippen LogP contribution in [0.3, 0.4) is 0 Å². The Kier molecular flexibility index (Phi) is 6.03. The Balaban J connectivity index is 1.80. The third-order valence-corrected chi connectivity index (χ3v) is 4.49. The average Bonchev–Trinajstić information content (AvgIpc) is 3.27. The molecule has 9 heteroatoms. The van der Waals surface area contributed by atoms with E-state index in [0.29, 0.717) is 22.2 Å². The van der Waals surface area contributed by atoms with Gasteiger partial charge in [-0.15, -0.1) is 0 Å². The van der Waals surface area contributed by atoms with Crippen LogP contribution in [0, 0.1) is 6.92 Å². The van der Waals surface area contributed by atoms with Gasteiger partial charge in [-0.1, -0.05) is 36.7 Å². The van der Waals surface area contributed by atoms with E-state index >= 15 is 0 Å². The van der Waals surface area contributed by atoms with Gasteiger partial charge < -0.3 is 14.7 Å². The maximum Gasteiger partial charge on any atom is 0.257 e. The zero-order valence-corrected chi connectivity index (χ0v) is 17.4. The van der Waals surface area contributed by atoms with Crippen molar-refractivity contribution < 1.29 is 14.1 Å². The van der Waals surface area contributed by atoms with Crippen LogP contribution in [0.15, 0.2) is 41.1 Å². The molecule has 0 aliphatic carbocycles. The van der Waals surface area contributed by atoms with Gasteiger partial charge in [0.25, 0.3) is 5.91 Å². The minimum atomic E-state index is -0.373. The summed E-state index contributed by atoms with van der Waals surface area (Å²) in [7, 11) is 1.57. The van der Waals surface area contributed by atoms with E-state index in [-0.39, 0.29) is 24.3 Å². The highest BCUT2D eigenvalue weighted by Crippen LogP contribution is 2.25. The third-order valence-electron chi connectivity index (χ3n) is 4.26. The van der Waals surface area contributed by atoms with Gasteiger partial charge >= 0.3 is 0 Å². The van der Waals surface area contributed by atoms with Crippen LogP contribution in [0.1, 0.15) is 41.6 Å². The van der Waals surface area contributed by atoms with Gasteiger partial charge in [-0.05, 0) is 31.0 Å². The van der Waals surface area contributed by atoms with Crippen LogP contribution < -0.4 is 5.32 Å². The lowest BCUT2D eigenvalue weighted by atomic mass is 10.0. The van der Waals surface area contributed by atoms with Gasteiger partial charge in [0.1, 0.15) is 5.76 Å². The Bertz CT molecular complexity index is 1040. The van der Waals surface area contributed by atoms with Gasteiger partial charge in [0.05, 0.1) is 29.7 Å². The molecular weight excluding hydrogens is 394 g/mol. The van der Waals surface area contributed by atoms with Gasteiger partial charge in [0.2, 0.25) is 5.91 Å². The van der Waals surface area contributed by atoms with Gasteiger partial charge in [-0.2, -0.15) is 5.10 Å². The van der Waals surface area contributed by atoms with Crippen LogP contribution in [-0.4, -0.2) is 45.2 Å². The molecule has 2 heterocycles. The number of aromatic nitrogens is 3. The number of halogens is 1. The van der Waals surface area contributed by atoms with Crippen LogP contribution in [0.25, 0.3) is 5.69 Å². The number of hydrogen-bond donors (Lipinski definition) is 1. The minimum Gasteiger partial charge on any atom is -0.360 e. The van der Waals surface area contributed by atoms with E-state index in [1.165, 1.54) is 11.1 Å². The van der Waals surface area contributed by atoms with Crippen LogP contribution >= 0.6 is 11.6 Å². The standard InChI is InChI=1S/C20H22ClN5O3/c1-12(2)19-16(10-22-26(19)15-7-5-6-14(21)9-15)20(28)25(4)11-18(27)23-17-8-13(3)29-24-17/h5-10,12H,11H2,1-4H3,(H,23,24,27). The summed E-state index contributed by atoms with van der Waals surface area (Å²) in [4.78, 5) is 26.6. The monoisotopic (exact) mass is 415 g/mol. The van der Waals surface area contributed by atoms with Crippen molar-refractivity contribution in [3.8, 4) is 5.69 Å². The van der Waals surface area contributed by atoms with E-state index in [9.17, 15) is 9.59 Å². The smallest absolute Gasteiger partial charge is 0.257 e. The second-order valence-corrected chi connectivity index (χ2v) is 7.46. The predicted octanol–water partition coefficient (Wildman–Crippen LogP) is 3.66. The molecule has 0 unspecified atom stereocenters. The zero-order valence-electron chi connectivity index (χ0n) is 16.6. The van der Waals surface area contributed by atoms with Crippen molar-refractivity contribution in [2.45, 2.75) is 26.7 Å². The Hall–Kier alpha value is -3.13. The second-order valence-electron chi connectivity index (χ2n) is 7.02. The summed E-state index contributed by atoms with van der Waals surface area (Å²) in [6.07, 6.45) is 1.52. The molecule has 0 fully saturated rings. The van der Waals surface area contributed by atoms with Crippen molar-refractivity contribution in [2.24, 2.45) is 0 Å². The van der Waals surface area contributed by atoms with Gasteiger partial charge in [-0.3, -0.25) is 9.59 Å². The van der Waals surface area contributed by atoms with E-state index in [2.05, 4.69) is 15.6 Å². The SMILES string of the molecule is Cc1cc(NC(=O)CN(C)C(=O)c2cnn(-c3cccc(Cl)c3)c2C(C)C)no1. The molecule has 8 nitrogen and oxygen atoms in total. The minimum absolute atomic E-state index is 0.0239. The fourth-order valence-electron chi connectivity index (χ4n) is 2.99. The number of likely N-dealkylation sites (N-methyl/N-ethyl adjacent to an activating group) is 1. The highest BCUT2D eigenvalue weighted by Gasteiger charge is 2.24. The molecule has 0 atom stereocenters. The van der Waals surface area contributed by atoms with Crippen LogP contribution in [0.2, 0.25) is 5.02 Å². The maximum absolute atomic E-state index is 13.0. The van der Waals surface area contributed by atoms with E-state index in [1.807, 2.05) is 26.0 Å². The van der Waals surface area contributed by atoms with E-state index in [0.717, 1.165) is 11.4 Å². The number of carbonyl (C=O) groups excluding carboxylic acids is 2. The number of nitrogens with one attached hydrogen (secondary N) is 1. The molecule has 29 heavy (non-hydrogen) atoms. The summed E-state index contributed by atoms with van der Waals surface area (Å²) in [6.45, 7) is 5.55. The van der Waals surface area contributed by atoms with Crippen LogP contribution in [-0.2, 0) is 4.79 Å².